The number of alkyl halides is 3. The molecule has 3 rings (SSSR count). The van der Waals surface area contributed by atoms with Crippen LogP contribution in [0, 0.1) is 11.3 Å². The van der Waals surface area contributed by atoms with Crippen molar-refractivity contribution in [3.8, 4) is 6.07 Å². The summed E-state index contributed by atoms with van der Waals surface area (Å²) in [6.45, 7) is -0.583. The van der Waals surface area contributed by atoms with Crippen molar-refractivity contribution < 1.29 is 36.3 Å². The smallest absolute Gasteiger partial charge is 0.471 e. The SMILES string of the molecule is N#Cc1cc(CC(NS(=O)(=O)c2ccc3c(c2)CN(C(=O)C(F)(F)F)CC3)C(=O)O)ccn1. The molecule has 1 unspecified atom stereocenters. The Balaban J connectivity index is 1.83. The summed E-state index contributed by atoms with van der Waals surface area (Å²) in [6, 6.07) is 6.77. The maximum absolute atomic E-state index is 12.8. The number of carbonyl (C=O) groups is 2. The Hall–Kier alpha value is -3.50. The van der Waals surface area contributed by atoms with Crippen LogP contribution in [0.15, 0.2) is 41.4 Å². The van der Waals surface area contributed by atoms with Crippen molar-refractivity contribution in [3.05, 3.63) is 58.9 Å². The average Bonchev–Trinajstić information content (AvgIpc) is 2.76. The molecular weight excluding hydrogens is 465 g/mol. The maximum Gasteiger partial charge on any atom is 0.471 e. The highest BCUT2D eigenvalue weighted by atomic mass is 32.2. The van der Waals surface area contributed by atoms with Gasteiger partial charge in [0.2, 0.25) is 10.0 Å². The summed E-state index contributed by atoms with van der Waals surface area (Å²) >= 11 is 0. The molecule has 1 atom stereocenters. The van der Waals surface area contributed by atoms with Gasteiger partial charge in [-0.15, -0.1) is 0 Å². The molecule has 0 aliphatic carbocycles. The lowest BCUT2D eigenvalue weighted by atomic mass is 10.00. The van der Waals surface area contributed by atoms with E-state index in [1.54, 1.807) is 6.07 Å². The van der Waals surface area contributed by atoms with Crippen molar-refractivity contribution in [2.24, 2.45) is 0 Å². The molecule has 0 fully saturated rings. The Labute approximate surface area is 186 Å². The summed E-state index contributed by atoms with van der Waals surface area (Å²) in [4.78, 5) is 27.2. The Kier molecular flexibility index (Phi) is 6.71. The quantitative estimate of drug-likeness (QED) is 0.634. The van der Waals surface area contributed by atoms with Gasteiger partial charge in [-0.2, -0.15) is 23.2 Å². The van der Waals surface area contributed by atoms with E-state index in [-0.39, 0.29) is 35.5 Å². The van der Waals surface area contributed by atoms with Crippen LogP contribution in [0.4, 0.5) is 13.2 Å². The number of rotatable bonds is 6. The maximum atomic E-state index is 12.8. The summed E-state index contributed by atoms with van der Waals surface area (Å²) in [5.74, 6) is -3.48. The number of aromatic nitrogens is 1. The predicted molar refractivity (Wildman–Crippen MR) is 106 cm³/mol. The number of nitrogens with one attached hydrogen (secondary N) is 1. The van der Waals surface area contributed by atoms with E-state index in [0.29, 0.717) is 16.0 Å². The molecule has 174 valence electrons. The molecule has 0 spiro atoms. The number of aliphatic carboxylic acids is 1. The van der Waals surface area contributed by atoms with E-state index in [0.717, 1.165) is 6.07 Å². The number of nitrogens with zero attached hydrogens (tertiary/aromatic N) is 3. The average molecular weight is 482 g/mol. The first-order valence-corrected chi connectivity index (χ1v) is 11.0. The van der Waals surface area contributed by atoms with Gasteiger partial charge in [0.1, 0.15) is 17.8 Å². The highest BCUT2D eigenvalue weighted by Gasteiger charge is 2.43. The van der Waals surface area contributed by atoms with Crippen LogP contribution in [0.1, 0.15) is 22.4 Å². The molecule has 1 aliphatic rings. The lowest BCUT2D eigenvalue weighted by molar-refractivity contribution is -0.186. The van der Waals surface area contributed by atoms with Crippen molar-refractivity contribution in [1.82, 2.24) is 14.6 Å². The van der Waals surface area contributed by atoms with Crippen LogP contribution in [-0.4, -0.2) is 54.0 Å². The van der Waals surface area contributed by atoms with Crippen molar-refractivity contribution in [1.29, 1.82) is 5.26 Å². The van der Waals surface area contributed by atoms with Gasteiger partial charge in [0.15, 0.2) is 0 Å². The number of amides is 1. The number of carbonyl (C=O) groups excluding carboxylic acids is 1. The fraction of sp³-hybridized carbons (Fsp3) is 0.300. The van der Waals surface area contributed by atoms with Gasteiger partial charge in [-0.3, -0.25) is 9.59 Å². The molecule has 13 heteroatoms. The first-order chi connectivity index (χ1) is 15.4. The molecule has 33 heavy (non-hydrogen) atoms. The number of sulfonamides is 1. The molecular formula is C20H17F3N4O5S. The second kappa shape index (κ2) is 9.16. The zero-order chi connectivity index (χ0) is 24.4. The molecule has 1 amide bonds. The Bertz CT molecular complexity index is 1240. The molecule has 0 bridgehead atoms. The number of benzene rings is 1. The van der Waals surface area contributed by atoms with Gasteiger partial charge in [-0.05, 0) is 53.8 Å². The van der Waals surface area contributed by atoms with Gasteiger partial charge < -0.3 is 10.0 Å². The van der Waals surface area contributed by atoms with Gasteiger partial charge >= 0.3 is 18.1 Å². The number of carboxylic acid groups (broad SMARTS) is 1. The van der Waals surface area contributed by atoms with Crippen LogP contribution < -0.4 is 4.72 Å². The van der Waals surface area contributed by atoms with Crippen molar-refractivity contribution >= 4 is 21.9 Å². The van der Waals surface area contributed by atoms with Crippen LogP contribution in [0.3, 0.4) is 0 Å². The topological polar surface area (TPSA) is 140 Å². The van der Waals surface area contributed by atoms with E-state index in [4.69, 9.17) is 5.26 Å². The third kappa shape index (κ3) is 5.65. The first-order valence-electron chi connectivity index (χ1n) is 9.49. The minimum atomic E-state index is -5.05. The number of hydrogen-bond acceptors (Lipinski definition) is 6. The van der Waals surface area contributed by atoms with Gasteiger partial charge in [-0.25, -0.2) is 13.4 Å². The fourth-order valence-electron chi connectivity index (χ4n) is 3.39. The van der Waals surface area contributed by atoms with E-state index >= 15 is 0 Å². The van der Waals surface area contributed by atoms with Gasteiger partial charge in [-0.1, -0.05) is 6.07 Å². The summed E-state index contributed by atoms with van der Waals surface area (Å²) in [6.07, 6.45) is -3.91. The molecule has 0 radical (unpaired) electrons. The third-order valence-electron chi connectivity index (χ3n) is 5.00. The van der Waals surface area contributed by atoms with Gasteiger partial charge in [0, 0.05) is 19.3 Å². The minimum Gasteiger partial charge on any atom is -0.480 e. The Morgan fingerprint density at radius 2 is 1.97 bits per heavy atom. The van der Waals surface area contributed by atoms with Gasteiger partial charge in [0.25, 0.3) is 0 Å². The number of carboxylic acids is 1. The van der Waals surface area contributed by atoms with E-state index < -0.39 is 40.7 Å². The molecule has 2 heterocycles. The van der Waals surface area contributed by atoms with Crippen LogP contribution in [0.2, 0.25) is 0 Å². The monoisotopic (exact) mass is 482 g/mol. The summed E-state index contributed by atoms with van der Waals surface area (Å²) < 4.78 is 66.0. The van der Waals surface area contributed by atoms with Crippen molar-refractivity contribution in [3.63, 3.8) is 0 Å². The zero-order valence-electron chi connectivity index (χ0n) is 16.8. The molecule has 1 aliphatic heterocycles. The molecule has 0 saturated heterocycles. The van der Waals surface area contributed by atoms with E-state index in [1.165, 1.54) is 30.5 Å². The lowest BCUT2D eigenvalue weighted by Gasteiger charge is -2.29. The number of nitriles is 1. The van der Waals surface area contributed by atoms with Crippen LogP contribution in [0.5, 0.6) is 0 Å². The van der Waals surface area contributed by atoms with Crippen LogP contribution in [0.25, 0.3) is 0 Å². The predicted octanol–water partition coefficient (Wildman–Crippen LogP) is 1.37. The van der Waals surface area contributed by atoms with Gasteiger partial charge in [0.05, 0.1) is 4.90 Å². The Morgan fingerprint density at radius 3 is 2.61 bits per heavy atom. The number of pyridine rings is 1. The molecule has 2 aromatic rings. The Morgan fingerprint density at radius 1 is 1.24 bits per heavy atom. The van der Waals surface area contributed by atoms with Crippen molar-refractivity contribution in [2.45, 2.75) is 36.5 Å². The molecule has 1 aromatic heterocycles. The highest BCUT2D eigenvalue weighted by molar-refractivity contribution is 7.89. The fourth-order valence-corrected chi connectivity index (χ4v) is 4.63. The molecule has 1 aromatic carbocycles. The number of fused-ring (bicyclic) bond motifs is 1. The molecule has 2 N–H and O–H groups in total. The molecule has 9 nitrogen and oxygen atoms in total. The summed E-state index contributed by atoms with van der Waals surface area (Å²) in [7, 11) is -4.38. The largest absolute Gasteiger partial charge is 0.480 e. The van der Waals surface area contributed by atoms with Crippen LogP contribution >= 0.6 is 0 Å². The lowest BCUT2D eigenvalue weighted by Crippen LogP contribution is -2.44. The first kappa shape index (κ1) is 24.1. The standard InChI is InChI=1S/C20H17F3N4O5S/c21-20(22,23)19(30)27-6-4-13-1-2-16(9-14(13)11-27)33(31,32)26-17(18(28)29)8-12-3-5-25-15(7-12)10-24/h1-3,5,7,9,17,26H,4,6,8,11H2,(H,28,29). The number of hydrogen-bond donors (Lipinski definition) is 2. The summed E-state index contributed by atoms with van der Waals surface area (Å²) in [5, 5.41) is 18.4. The zero-order valence-corrected chi connectivity index (χ0v) is 17.7. The van der Waals surface area contributed by atoms with Crippen LogP contribution in [-0.2, 0) is 39.0 Å². The second-order valence-electron chi connectivity index (χ2n) is 7.28. The molecule has 0 saturated carbocycles. The third-order valence-corrected chi connectivity index (χ3v) is 6.47. The van der Waals surface area contributed by atoms with E-state index in [2.05, 4.69) is 9.71 Å². The normalized spacial score (nSPS) is 14.8. The van der Waals surface area contributed by atoms with E-state index in [9.17, 15) is 36.3 Å². The second-order valence-corrected chi connectivity index (χ2v) is 9.00. The summed E-state index contributed by atoms with van der Waals surface area (Å²) in [5.41, 5.74) is 1.22. The highest BCUT2D eigenvalue weighted by Crippen LogP contribution is 2.26. The van der Waals surface area contributed by atoms with Crippen molar-refractivity contribution in [2.75, 3.05) is 6.54 Å². The van der Waals surface area contributed by atoms with E-state index in [1.807, 2.05) is 0 Å². The number of halogens is 3. The minimum absolute atomic E-state index is 0.0344.